The predicted octanol–water partition coefficient (Wildman–Crippen LogP) is 3.38. The van der Waals surface area contributed by atoms with Crippen molar-refractivity contribution in [2.75, 3.05) is 6.61 Å². The standard InChI is InChI=1S/C14H18O2/c1-2-3-4-5-13(15)11-6-7-14-12(10-11)8-9-16-14/h6-7,10H,2-5,8-9H2,1H3. The van der Waals surface area contributed by atoms with E-state index in [1.165, 1.54) is 5.56 Å². The molecule has 1 aromatic carbocycles. The Balaban J connectivity index is 2.01. The van der Waals surface area contributed by atoms with Crippen molar-refractivity contribution in [2.45, 2.75) is 39.0 Å². The van der Waals surface area contributed by atoms with Gasteiger partial charge in [-0.05, 0) is 30.2 Å². The first-order valence-corrected chi connectivity index (χ1v) is 6.10. The summed E-state index contributed by atoms with van der Waals surface area (Å²) in [6, 6.07) is 5.81. The number of benzene rings is 1. The van der Waals surface area contributed by atoms with Crippen LogP contribution in [0, 0.1) is 0 Å². The van der Waals surface area contributed by atoms with Crippen molar-refractivity contribution < 1.29 is 9.53 Å². The first-order valence-electron chi connectivity index (χ1n) is 6.10. The minimum atomic E-state index is 0.267. The van der Waals surface area contributed by atoms with Gasteiger partial charge in [0, 0.05) is 18.4 Å². The number of hydrogen-bond donors (Lipinski definition) is 0. The fourth-order valence-corrected chi connectivity index (χ4v) is 2.04. The second-order valence-electron chi connectivity index (χ2n) is 4.30. The molecular weight excluding hydrogens is 200 g/mol. The first kappa shape index (κ1) is 11.2. The molecule has 1 aliphatic heterocycles. The van der Waals surface area contributed by atoms with Crippen LogP contribution in [0.4, 0.5) is 0 Å². The second kappa shape index (κ2) is 5.15. The Bertz CT molecular complexity index is 382. The van der Waals surface area contributed by atoms with Gasteiger partial charge < -0.3 is 4.74 Å². The summed E-state index contributed by atoms with van der Waals surface area (Å²) in [5.41, 5.74) is 2.03. The normalized spacial score (nSPS) is 13.3. The molecule has 0 saturated heterocycles. The van der Waals surface area contributed by atoms with Crippen molar-refractivity contribution in [3.63, 3.8) is 0 Å². The van der Waals surface area contributed by atoms with Crippen LogP contribution in [0.15, 0.2) is 18.2 Å². The van der Waals surface area contributed by atoms with Crippen LogP contribution in [0.3, 0.4) is 0 Å². The van der Waals surface area contributed by atoms with E-state index in [9.17, 15) is 4.79 Å². The molecule has 1 aromatic rings. The van der Waals surface area contributed by atoms with Crippen molar-refractivity contribution in [3.05, 3.63) is 29.3 Å². The molecule has 0 aliphatic carbocycles. The van der Waals surface area contributed by atoms with E-state index >= 15 is 0 Å². The predicted molar refractivity (Wildman–Crippen MR) is 64.1 cm³/mol. The molecule has 0 fully saturated rings. The van der Waals surface area contributed by atoms with E-state index in [-0.39, 0.29) is 5.78 Å². The molecule has 0 radical (unpaired) electrons. The third-order valence-corrected chi connectivity index (χ3v) is 3.02. The number of unbranched alkanes of at least 4 members (excludes halogenated alkanes) is 2. The summed E-state index contributed by atoms with van der Waals surface area (Å²) in [5.74, 6) is 1.22. The quantitative estimate of drug-likeness (QED) is 0.559. The number of fused-ring (bicyclic) bond motifs is 1. The van der Waals surface area contributed by atoms with Crippen molar-refractivity contribution in [1.29, 1.82) is 0 Å². The topological polar surface area (TPSA) is 26.3 Å². The minimum Gasteiger partial charge on any atom is -0.493 e. The van der Waals surface area contributed by atoms with Crippen molar-refractivity contribution in [1.82, 2.24) is 0 Å². The molecule has 86 valence electrons. The Labute approximate surface area is 96.6 Å². The molecule has 16 heavy (non-hydrogen) atoms. The van der Waals surface area contributed by atoms with Gasteiger partial charge in [0.25, 0.3) is 0 Å². The van der Waals surface area contributed by atoms with E-state index in [1.807, 2.05) is 18.2 Å². The van der Waals surface area contributed by atoms with E-state index in [0.29, 0.717) is 6.42 Å². The van der Waals surface area contributed by atoms with Gasteiger partial charge in [-0.3, -0.25) is 4.79 Å². The van der Waals surface area contributed by atoms with Crippen molar-refractivity contribution in [3.8, 4) is 5.75 Å². The van der Waals surface area contributed by atoms with Crippen LogP contribution in [0.1, 0.15) is 48.5 Å². The summed E-state index contributed by atoms with van der Waals surface area (Å²) >= 11 is 0. The van der Waals surface area contributed by atoms with Gasteiger partial charge in [0.2, 0.25) is 0 Å². The molecule has 0 amide bonds. The zero-order valence-electron chi connectivity index (χ0n) is 9.79. The summed E-state index contributed by atoms with van der Waals surface area (Å²) in [4.78, 5) is 11.9. The molecule has 0 spiro atoms. The van der Waals surface area contributed by atoms with Gasteiger partial charge in [-0.15, -0.1) is 0 Å². The second-order valence-corrected chi connectivity index (χ2v) is 4.30. The molecule has 0 N–H and O–H groups in total. The summed E-state index contributed by atoms with van der Waals surface area (Å²) in [7, 11) is 0. The fraction of sp³-hybridized carbons (Fsp3) is 0.500. The Morgan fingerprint density at radius 2 is 2.25 bits per heavy atom. The Morgan fingerprint density at radius 1 is 1.38 bits per heavy atom. The maximum atomic E-state index is 11.9. The summed E-state index contributed by atoms with van der Waals surface area (Å²) in [6.07, 6.45) is 4.91. The molecule has 0 saturated carbocycles. The number of carbonyl (C=O) groups is 1. The Morgan fingerprint density at radius 3 is 3.06 bits per heavy atom. The van der Waals surface area contributed by atoms with Crippen LogP contribution in [0.2, 0.25) is 0 Å². The van der Waals surface area contributed by atoms with Crippen LogP contribution in [-0.2, 0) is 6.42 Å². The van der Waals surface area contributed by atoms with Gasteiger partial charge >= 0.3 is 0 Å². The lowest BCUT2D eigenvalue weighted by Crippen LogP contribution is -1.99. The molecule has 0 atom stereocenters. The number of Topliss-reactive ketones (excluding diaryl/α,β-unsaturated/α-hetero) is 1. The number of ether oxygens (including phenoxy) is 1. The van der Waals surface area contributed by atoms with Gasteiger partial charge in [0.05, 0.1) is 6.61 Å². The molecular formula is C14H18O2. The van der Waals surface area contributed by atoms with Crippen LogP contribution in [0.5, 0.6) is 5.75 Å². The average molecular weight is 218 g/mol. The van der Waals surface area contributed by atoms with Crippen molar-refractivity contribution in [2.24, 2.45) is 0 Å². The van der Waals surface area contributed by atoms with Gasteiger partial charge in [-0.1, -0.05) is 19.8 Å². The lowest BCUT2D eigenvalue weighted by atomic mass is 10.0. The Hall–Kier alpha value is -1.31. The maximum absolute atomic E-state index is 11.9. The highest BCUT2D eigenvalue weighted by molar-refractivity contribution is 5.96. The summed E-state index contributed by atoms with van der Waals surface area (Å²) < 4.78 is 5.42. The van der Waals surface area contributed by atoms with Crippen LogP contribution >= 0.6 is 0 Å². The largest absolute Gasteiger partial charge is 0.493 e. The van der Waals surface area contributed by atoms with Crippen LogP contribution in [0.25, 0.3) is 0 Å². The zero-order chi connectivity index (χ0) is 11.4. The molecule has 0 bridgehead atoms. The number of rotatable bonds is 5. The molecule has 1 aliphatic rings. The molecule has 2 heteroatoms. The van der Waals surface area contributed by atoms with Gasteiger partial charge in [-0.25, -0.2) is 0 Å². The number of carbonyl (C=O) groups excluding carboxylic acids is 1. The van der Waals surface area contributed by atoms with E-state index in [4.69, 9.17) is 4.74 Å². The smallest absolute Gasteiger partial charge is 0.162 e. The molecule has 1 heterocycles. The van der Waals surface area contributed by atoms with Gasteiger partial charge in [-0.2, -0.15) is 0 Å². The Kier molecular flexibility index (Phi) is 3.60. The molecule has 0 aromatic heterocycles. The zero-order valence-corrected chi connectivity index (χ0v) is 9.79. The highest BCUT2D eigenvalue weighted by Gasteiger charge is 2.14. The van der Waals surface area contributed by atoms with E-state index in [1.54, 1.807) is 0 Å². The molecule has 0 unspecified atom stereocenters. The lowest BCUT2D eigenvalue weighted by Gasteiger charge is -2.03. The van der Waals surface area contributed by atoms with Crippen LogP contribution in [-0.4, -0.2) is 12.4 Å². The van der Waals surface area contributed by atoms with Gasteiger partial charge in [0.1, 0.15) is 5.75 Å². The number of hydrogen-bond acceptors (Lipinski definition) is 2. The van der Waals surface area contributed by atoms with E-state index in [0.717, 1.165) is 43.6 Å². The minimum absolute atomic E-state index is 0.267. The van der Waals surface area contributed by atoms with Crippen molar-refractivity contribution >= 4 is 5.78 Å². The van der Waals surface area contributed by atoms with E-state index < -0.39 is 0 Å². The average Bonchev–Trinajstić information content (AvgIpc) is 2.76. The fourth-order valence-electron chi connectivity index (χ4n) is 2.04. The SMILES string of the molecule is CCCCCC(=O)c1ccc2c(c1)CCO2. The summed E-state index contributed by atoms with van der Waals surface area (Å²) in [5, 5.41) is 0. The molecule has 2 rings (SSSR count). The van der Waals surface area contributed by atoms with Crippen LogP contribution < -0.4 is 4.74 Å². The highest BCUT2D eigenvalue weighted by Crippen LogP contribution is 2.26. The van der Waals surface area contributed by atoms with E-state index in [2.05, 4.69) is 6.92 Å². The third-order valence-electron chi connectivity index (χ3n) is 3.02. The third kappa shape index (κ3) is 2.43. The first-order chi connectivity index (χ1) is 7.81. The monoisotopic (exact) mass is 218 g/mol. The summed E-state index contributed by atoms with van der Waals surface area (Å²) in [6.45, 7) is 2.90. The molecule has 2 nitrogen and oxygen atoms in total. The maximum Gasteiger partial charge on any atom is 0.162 e. The highest BCUT2D eigenvalue weighted by atomic mass is 16.5. The lowest BCUT2D eigenvalue weighted by molar-refractivity contribution is 0.0979. The van der Waals surface area contributed by atoms with Gasteiger partial charge in [0.15, 0.2) is 5.78 Å². The number of ketones is 1.